The molecule has 2 N–H and O–H groups in total. The molecule has 2 aromatic heterocycles. The first-order valence-electron chi connectivity index (χ1n) is 9.11. The SMILES string of the molecule is N=Cc1cc(Cl)c(N2CCn3ccnc3C2)cc1Nc1cnn(C2CC2)c1. The lowest BCUT2D eigenvalue weighted by atomic mass is 10.1. The highest BCUT2D eigenvalue weighted by molar-refractivity contribution is 6.33. The van der Waals surface area contributed by atoms with Crippen LogP contribution in [0, 0.1) is 5.41 Å². The summed E-state index contributed by atoms with van der Waals surface area (Å²) in [5.41, 5.74) is 3.48. The molecule has 7 nitrogen and oxygen atoms in total. The zero-order valence-electron chi connectivity index (χ0n) is 14.8. The Hall–Kier alpha value is -2.80. The van der Waals surface area contributed by atoms with Crippen LogP contribution >= 0.6 is 11.6 Å². The largest absolute Gasteiger partial charge is 0.361 e. The van der Waals surface area contributed by atoms with E-state index < -0.39 is 0 Å². The van der Waals surface area contributed by atoms with Crippen LogP contribution in [0.3, 0.4) is 0 Å². The van der Waals surface area contributed by atoms with Crippen molar-refractivity contribution in [3.05, 3.63) is 53.3 Å². The van der Waals surface area contributed by atoms with Crippen LogP contribution in [-0.4, -0.2) is 32.1 Å². The fourth-order valence-corrected chi connectivity index (χ4v) is 3.81. The molecule has 138 valence electrons. The maximum atomic E-state index is 7.75. The molecule has 1 aromatic carbocycles. The molecule has 5 rings (SSSR count). The van der Waals surface area contributed by atoms with Crippen LogP contribution in [0.1, 0.15) is 30.3 Å². The molecular weight excluding hydrogens is 362 g/mol. The van der Waals surface area contributed by atoms with Crippen molar-refractivity contribution in [3.63, 3.8) is 0 Å². The third-order valence-corrected chi connectivity index (χ3v) is 5.46. The predicted molar refractivity (Wildman–Crippen MR) is 106 cm³/mol. The van der Waals surface area contributed by atoms with Gasteiger partial charge in [-0.05, 0) is 25.0 Å². The summed E-state index contributed by atoms with van der Waals surface area (Å²) in [7, 11) is 0. The van der Waals surface area contributed by atoms with Gasteiger partial charge in [0, 0.05) is 49.1 Å². The van der Waals surface area contributed by atoms with Gasteiger partial charge in [0.05, 0.1) is 35.2 Å². The number of fused-ring (bicyclic) bond motifs is 1. The predicted octanol–water partition coefficient (Wildman–Crippen LogP) is 3.83. The van der Waals surface area contributed by atoms with E-state index in [9.17, 15) is 0 Å². The van der Waals surface area contributed by atoms with Gasteiger partial charge < -0.3 is 20.2 Å². The molecule has 1 aliphatic carbocycles. The second-order valence-corrected chi connectivity index (χ2v) is 7.47. The zero-order chi connectivity index (χ0) is 18.4. The molecule has 0 radical (unpaired) electrons. The summed E-state index contributed by atoms with van der Waals surface area (Å²) in [5.74, 6) is 1.04. The van der Waals surface area contributed by atoms with E-state index in [0.29, 0.717) is 11.1 Å². The Balaban J connectivity index is 1.45. The summed E-state index contributed by atoms with van der Waals surface area (Å²) < 4.78 is 4.18. The maximum absolute atomic E-state index is 7.75. The quantitative estimate of drug-likeness (QED) is 0.658. The fraction of sp³-hybridized carbons (Fsp3) is 0.316. The molecule has 0 saturated heterocycles. The van der Waals surface area contributed by atoms with Gasteiger partial charge in [0.15, 0.2) is 0 Å². The van der Waals surface area contributed by atoms with Gasteiger partial charge in [0.2, 0.25) is 0 Å². The third kappa shape index (κ3) is 3.08. The maximum Gasteiger partial charge on any atom is 0.128 e. The van der Waals surface area contributed by atoms with E-state index in [0.717, 1.165) is 48.1 Å². The van der Waals surface area contributed by atoms with Gasteiger partial charge in [0.1, 0.15) is 5.82 Å². The summed E-state index contributed by atoms with van der Waals surface area (Å²) in [5, 5.41) is 16.2. The summed E-state index contributed by atoms with van der Waals surface area (Å²) in [6.45, 7) is 2.47. The number of anilines is 3. The second kappa shape index (κ2) is 6.42. The Kier molecular flexibility index (Phi) is 3.89. The van der Waals surface area contributed by atoms with E-state index in [-0.39, 0.29) is 0 Å². The van der Waals surface area contributed by atoms with Crippen molar-refractivity contribution in [2.24, 2.45) is 0 Å². The lowest BCUT2D eigenvalue weighted by Gasteiger charge is -2.31. The van der Waals surface area contributed by atoms with Gasteiger partial charge >= 0.3 is 0 Å². The van der Waals surface area contributed by atoms with Gasteiger partial charge in [-0.1, -0.05) is 11.6 Å². The summed E-state index contributed by atoms with van der Waals surface area (Å²) >= 11 is 6.55. The smallest absolute Gasteiger partial charge is 0.128 e. The molecule has 3 aromatic rings. The van der Waals surface area contributed by atoms with Crippen LogP contribution in [0.2, 0.25) is 5.02 Å². The lowest BCUT2D eigenvalue weighted by Crippen LogP contribution is -2.33. The summed E-state index contributed by atoms with van der Waals surface area (Å²) in [6.07, 6.45) is 11.4. The molecular formula is C19H20ClN7. The highest BCUT2D eigenvalue weighted by Gasteiger charge is 2.24. The highest BCUT2D eigenvalue weighted by atomic mass is 35.5. The number of hydrogen-bond acceptors (Lipinski definition) is 5. The van der Waals surface area contributed by atoms with E-state index in [1.54, 1.807) is 0 Å². The van der Waals surface area contributed by atoms with Gasteiger partial charge in [-0.15, -0.1) is 0 Å². The Morgan fingerprint density at radius 1 is 1.26 bits per heavy atom. The minimum atomic E-state index is 0.542. The highest BCUT2D eigenvalue weighted by Crippen LogP contribution is 2.37. The number of halogens is 1. The zero-order valence-corrected chi connectivity index (χ0v) is 15.5. The Morgan fingerprint density at radius 2 is 2.15 bits per heavy atom. The molecule has 1 aliphatic heterocycles. The van der Waals surface area contributed by atoms with Crippen LogP contribution in [0.5, 0.6) is 0 Å². The van der Waals surface area contributed by atoms with Gasteiger partial charge in [-0.3, -0.25) is 4.68 Å². The Labute approximate surface area is 162 Å². The minimum absolute atomic E-state index is 0.542. The van der Waals surface area contributed by atoms with Crippen LogP contribution in [0.15, 0.2) is 36.9 Å². The lowest BCUT2D eigenvalue weighted by molar-refractivity contribution is 0.560. The number of aromatic nitrogens is 4. The molecule has 3 heterocycles. The number of benzene rings is 1. The minimum Gasteiger partial charge on any atom is -0.361 e. The molecule has 1 fully saturated rings. The van der Waals surface area contributed by atoms with E-state index in [1.807, 2.05) is 41.6 Å². The van der Waals surface area contributed by atoms with E-state index in [2.05, 4.69) is 24.9 Å². The molecule has 0 spiro atoms. The third-order valence-electron chi connectivity index (χ3n) is 5.16. The van der Waals surface area contributed by atoms with E-state index in [1.165, 1.54) is 19.1 Å². The van der Waals surface area contributed by atoms with Crippen LogP contribution < -0.4 is 10.2 Å². The molecule has 1 saturated carbocycles. The topological polar surface area (TPSA) is 74.8 Å². The summed E-state index contributed by atoms with van der Waals surface area (Å²) in [6, 6.07) is 4.41. The number of nitrogens with one attached hydrogen (secondary N) is 2. The number of rotatable bonds is 5. The van der Waals surface area contributed by atoms with Crippen LogP contribution in [0.25, 0.3) is 0 Å². The average molecular weight is 382 g/mol. The Bertz CT molecular complexity index is 1000. The molecule has 8 heteroatoms. The fourth-order valence-electron chi connectivity index (χ4n) is 3.52. The van der Waals surface area contributed by atoms with Crippen LogP contribution in [-0.2, 0) is 13.1 Å². The van der Waals surface area contributed by atoms with Crippen molar-refractivity contribution in [1.82, 2.24) is 19.3 Å². The van der Waals surface area contributed by atoms with Crippen molar-refractivity contribution < 1.29 is 0 Å². The molecule has 0 bridgehead atoms. The van der Waals surface area contributed by atoms with Crippen molar-refractivity contribution in [1.29, 1.82) is 5.41 Å². The monoisotopic (exact) mass is 381 g/mol. The van der Waals surface area contributed by atoms with Crippen molar-refractivity contribution in [2.45, 2.75) is 32.0 Å². The molecule has 27 heavy (non-hydrogen) atoms. The van der Waals surface area contributed by atoms with Crippen LogP contribution in [0.4, 0.5) is 17.1 Å². The van der Waals surface area contributed by atoms with Crippen molar-refractivity contribution in [3.8, 4) is 0 Å². The van der Waals surface area contributed by atoms with Crippen molar-refractivity contribution >= 4 is 34.9 Å². The van der Waals surface area contributed by atoms with E-state index >= 15 is 0 Å². The number of hydrogen-bond donors (Lipinski definition) is 2. The molecule has 0 unspecified atom stereocenters. The molecule has 0 amide bonds. The van der Waals surface area contributed by atoms with Gasteiger partial charge in [0.25, 0.3) is 0 Å². The first-order valence-corrected chi connectivity index (χ1v) is 9.49. The number of imidazole rings is 1. The van der Waals surface area contributed by atoms with Gasteiger partial charge in [-0.2, -0.15) is 5.10 Å². The van der Waals surface area contributed by atoms with E-state index in [4.69, 9.17) is 17.0 Å². The second-order valence-electron chi connectivity index (χ2n) is 7.06. The number of nitrogens with zero attached hydrogens (tertiary/aromatic N) is 5. The molecule has 2 aliphatic rings. The van der Waals surface area contributed by atoms with Crippen molar-refractivity contribution in [2.75, 3.05) is 16.8 Å². The summed E-state index contributed by atoms with van der Waals surface area (Å²) in [4.78, 5) is 6.66. The molecule has 0 atom stereocenters. The first-order chi connectivity index (χ1) is 13.2. The standard InChI is InChI=1S/C19H20ClN7/c20-16-7-13(9-21)17(24-14-10-23-27(11-14)15-1-2-15)8-18(16)26-6-5-25-4-3-22-19(25)12-26/h3-4,7-11,15,21,24H,1-2,5-6,12H2. The first kappa shape index (κ1) is 16.4. The average Bonchev–Trinajstić information content (AvgIpc) is 3.24. The van der Waals surface area contributed by atoms with Gasteiger partial charge in [-0.25, -0.2) is 4.98 Å². The Morgan fingerprint density at radius 3 is 2.96 bits per heavy atom. The normalized spacial score (nSPS) is 16.3.